The van der Waals surface area contributed by atoms with Crippen LogP contribution in [-0.4, -0.2) is 21.1 Å². The Morgan fingerprint density at radius 3 is 3.19 bits per heavy atom. The molecule has 7 heteroatoms. The van der Waals surface area contributed by atoms with Crippen LogP contribution in [0.2, 0.25) is 0 Å². The number of aromatic amines is 1. The minimum atomic E-state index is -0.267. The topological polar surface area (TPSA) is 83.8 Å². The summed E-state index contributed by atoms with van der Waals surface area (Å²) in [6, 6.07) is 5.25. The van der Waals surface area contributed by atoms with E-state index < -0.39 is 0 Å². The maximum absolute atomic E-state index is 12.2. The van der Waals surface area contributed by atoms with Gasteiger partial charge in [-0.2, -0.15) is 5.10 Å². The number of carbonyl (C=O) groups excluding carboxylic acids is 1. The normalized spacial score (nSPS) is 13.3. The van der Waals surface area contributed by atoms with Crippen LogP contribution in [0.25, 0.3) is 11.5 Å². The van der Waals surface area contributed by atoms with Gasteiger partial charge >= 0.3 is 0 Å². The zero-order chi connectivity index (χ0) is 14.2. The Morgan fingerprint density at radius 2 is 2.38 bits per heavy atom. The first kappa shape index (κ1) is 12.3. The quantitative estimate of drug-likeness (QED) is 0.779. The van der Waals surface area contributed by atoms with Gasteiger partial charge in [0.25, 0.3) is 5.91 Å². The molecular formula is C14H12N4O2S. The fourth-order valence-electron chi connectivity index (χ4n) is 2.40. The minimum Gasteiger partial charge on any atom is -0.463 e. The van der Waals surface area contributed by atoms with Crippen LogP contribution in [0.15, 0.2) is 28.9 Å². The van der Waals surface area contributed by atoms with Crippen molar-refractivity contribution >= 4 is 22.4 Å². The highest BCUT2D eigenvalue weighted by Gasteiger charge is 2.19. The molecule has 0 aromatic carbocycles. The summed E-state index contributed by atoms with van der Waals surface area (Å²) >= 11 is 1.55. The van der Waals surface area contributed by atoms with E-state index in [9.17, 15) is 4.79 Å². The van der Waals surface area contributed by atoms with Crippen molar-refractivity contribution in [3.8, 4) is 11.5 Å². The molecule has 1 amide bonds. The standard InChI is InChI=1S/C14H12N4O2S/c19-13(16-14-15-8-3-1-5-12(8)21-14)10-7-9(17-18-10)11-4-2-6-20-11/h2,4,6-7H,1,3,5H2,(H,17,18)(H,15,16,19). The number of nitrogens with zero attached hydrogens (tertiary/aromatic N) is 2. The first-order valence-electron chi connectivity index (χ1n) is 6.69. The second-order valence-electron chi connectivity index (χ2n) is 4.84. The number of hydrogen-bond acceptors (Lipinski definition) is 5. The van der Waals surface area contributed by atoms with E-state index in [0.29, 0.717) is 22.3 Å². The van der Waals surface area contributed by atoms with Crippen molar-refractivity contribution in [2.75, 3.05) is 5.32 Å². The maximum Gasteiger partial charge on any atom is 0.277 e. The molecule has 0 radical (unpaired) electrons. The Kier molecular flexibility index (Phi) is 2.85. The summed E-state index contributed by atoms with van der Waals surface area (Å²) in [6.07, 6.45) is 4.81. The van der Waals surface area contributed by atoms with Gasteiger partial charge in [-0.05, 0) is 31.4 Å². The molecule has 3 aromatic heterocycles. The van der Waals surface area contributed by atoms with Crippen molar-refractivity contribution in [1.82, 2.24) is 15.2 Å². The molecule has 0 bridgehead atoms. The van der Waals surface area contributed by atoms with Gasteiger partial charge in [0, 0.05) is 10.9 Å². The van der Waals surface area contributed by atoms with E-state index in [1.54, 1.807) is 35.8 Å². The number of anilines is 1. The lowest BCUT2D eigenvalue weighted by Gasteiger charge is -1.97. The second-order valence-corrected chi connectivity index (χ2v) is 5.92. The summed E-state index contributed by atoms with van der Waals surface area (Å²) in [5.41, 5.74) is 2.11. The van der Waals surface area contributed by atoms with Crippen LogP contribution in [0.1, 0.15) is 27.5 Å². The van der Waals surface area contributed by atoms with Crippen LogP contribution in [-0.2, 0) is 12.8 Å². The van der Waals surface area contributed by atoms with Crippen LogP contribution >= 0.6 is 11.3 Å². The summed E-state index contributed by atoms with van der Waals surface area (Å²) in [7, 11) is 0. The Bertz CT molecular complexity index is 766. The number of furan rings is 1. The van der Waals surface area contributed by atoms with Crippen molar-refractivity contribution < 1.29 is 9.21 Å². The van der Waals surface area contributed by atoms with Crippen molar-refractivity contribution in [3.05, 3.63) is 40.7 Å². The summed E-state index contributed by atoms with van der Waals surface area (Å²) < 4.78 is 5.26. The Morgan fingerprint density at radius 1 is 1.43 bits per heavy atom. The molecule has 6 nitrogen and oxygen atoms in total. The summed E-state index contributed by atoms with van der Waals surface area (Å²) in [5, 5.41) is 10.3. The van der Waals surface area contributed by atoms with Crippen LogP contribution in [0.4, 0.5) is 5.13 Å². The smallest absolute Gasteiger partial charge is 0.277 e. The molecule has 0 aliphatic heterocycles. The number of fused-ring (bicyclic) bond motifs is 1. The molecule has 21 heavy (non-hydrogen) atoms. The molecule has 0 unspecified atom stereocenters. The highest BCUT2D eigenvalue weighted by molar-refractivity contribution is 7.15. The number of thiazole rings is 1. The summed E-state index contributed by atoms with van der Waals surface area (Å²) in [5.74, 6) is 0.381. The number of aromatic nitrogens is 3. The molecular weight excluding hydrogens is 288 g/mol. The van der Waals surface area contributed by atoms with E-state index in [1.165, 1.54) is 4.88 Å². The third kappa shape index (κ3) is 2.25. The Labute approximate surface area is 124 Å². The lowest BCUT2D eigenvalue weighted by atomic mass is 10.3. The molecule has 0 saturated carbocycles. The zero-order valence-electron chi connectivity index (χ0n) is 11.0. The molecule has 1 aliphatic carbocycles. The predicted molar refractivity (Wildman–Crippen MR) is 78.4 cm³/mol. The van der Waals surface area contributed by atoms with Gasteiger partial charge in [0.15, 0.2) is 16.6 Å². The number of rotatable bonds is 3. The molecule has 0 atom stereocenters. The minimum absolute atomic E-state index is 0.267. The molecule has 3 heterocycles. The molecule has 1 aliphatic rings. The lowest BCUT2D eigenvalue weighted by Crippen LogP contribution is -2.12. The van der Waals surface area contributed by atoms with E-state index in [1.807, 2.05) is 0 Å². The average molecular weight is 300 g/mol. The van der Waals surface area contributed by atoms with Gasteiger partial charge in [-0.1, -0.05) is 0 Å². The molecule has 2 N–H and O–H groups in total. The molecule has 3 aromatic rings. The number of nitrogens with one attached hydrogen (secondary N) is 2. The molecule has 0 spiro atoms. The fourth-order valence-corrected chi connectivity index (χ4v) is 3.45. The number of hydrogen-bond donors (Lipinski definition) is 2. The number of amides is 1. The van der Waals surface area contributed by atoms with Gasteiger partial charge in [0.2, 0.25) is 0 Å². The monoisotopic (exact) mass is 300 g/mol. The molecule has 0 saturated heterocycles. The van der Waals surface area contributed by atoms with Crippen molar-refractivity contribution in [1.29, 1.82) is 0 Å². The number of aryl methyl sites for hydroxylation is 2. The van der Waals surface area contributed by atoms with E-state index in [4.69, 9.17) is 4.42 Å². The van der Waals surface area contributed by atoms with Crippen LogP contribution in [0.5, 0.6) is 0 Å². The first-order chi connectivity index (χ1) is 10.3. The van der Waals surface area contributed by atoms with E-state index in [0.717, 1.165) is 25.0 Å². The zero-order valence-corrected chi connectivity index (χ0v) is 11.9. The average Bonchev–Trinajstić information content (AvgIpc) is 3.22. The third-order valence-electron chi connectivity index (χ3n) is 3.41. The lowest BCUT2D eigenvalue weighted by molar-refractivity contribution is 0.102. The van der Waals surface area contributed by atoms with Crippen LogP contribution in [0, 0.1) is 0 Å². The predicted octanol–water partition coefficient (Wildman–Crippen LogP) is 2.87. The SMILES string of the molecule is O=C(Nc1nc2c(s1)CCC2)c1cc(-c2ccco2)[nH]n1. The number of H-pyrrole nitrogens is 1. The van der Waals surface area contributed by atoms with E-state index in [2.05, 4.69) is 20.5 Å². The Hall–Kier alpha value is -2.41. The molecule has 0 fully saturated rings. The van der Waals surface area contributed by atoms with Gasteiger partial charge < -0.3 is 4.42 Å². The van der Waals surface area contributed by atoms with Crippen LogP contribution in [0.3, 0.4) is 0 Å². The van der Waals surface area contributed by atoms with E-state index >= 15 is 0 Å². The van der Waals surface area contributed by atoms with Gasteiger partial charge in [0.05, 0.1) is 12.0 Å². The van der Waals surface area contributed by atoms with Crippen molar-refractivity contribution in [3.63, 3.8) is 0 Å². The second kappa shape index (κ2) is 4.85. The third-order valence-corrected chi connectivity index (χ3v) is 4.49. The Balaban J connectivity index is 1.52. The highest BCUT2D eigenvalue weighted by Crippen LogP contribution is 2.30. The largest absolute Gasteiger partial charge is 0.463 e. The van der Waals surface area contributed by atoms with Gasteiger partial charge in [-0.15, -0.1) is 11.3 Å². The van der Waals surface area contributed by atoms with Crippen molar-refractivity contribution in [2.24, 2.45) is 0 Å². The molecule has 4 rings (SSSR count). The first-order valence-corrected chi connectivity index (χ1v) is 7.50. The highest BCUT2D eigenvalue weighted by atomic mass is 32.1. The summed E-state index contributed by atoms with van der Waals surface area (Å²) in [4.78, 5) is 17.9. The summed E-state index contributed by atoms with van der Waals surface area (Å²) in [6.45, 7) is 0. The van der Waals surface area contributed by atoms with Gasteiger partial charge in [-0.25, -0.2) is 4.98 Å². The van der Waals surface area contributed by atoms with E-state index in [-0.39, 0.29) is 5.91 Å². The maximum atomic E-state index is 12.2. The number of carbonyl (C=O) groups is 1. The van der Waals surface area contributed by atoms with Crippen molar-refractivity contribution in [2.45, 2.75) is 19.3 Å². The fraction of sp³-hybridized carbons (Fsp3) is 0.214. The van der Waals surface area contributed by atoms with Crippen LogP contribution < -0.4 is 5.32 Å². The van der Waals surface area contributed by atoms with Gasteiger partial charge in [-0.3, -0.25) is 15.2 Å². The van der Waals surface area contributed by atoms with Gasteiger partial charge in [0.1, 0.15) is 5.69 Å². The molecule has 106 valence electrons.